The molecule has 0 fully saturated rings. The zero-order valence-corrected chi connectivity index (χ0v) is 12.1. The van der Waals surface area contributed by atoms with Crippen LogP contribution in [0.3, 0.4) is 0 Å². The lowest BCUT2D eigenvalue weighted by molar-refractivity contribution is 0.0528. The van der Waals surface area contributed by atoms with Crippen molar-refractivity contribution in [3.8, 4) is 0 Å². The van der Waals surface area contributed by atoms with E-state index in [0.717, 1.165) is 5.92 Å². The second-order valence-electron chi connectivity index (χ2n) is 6.44. The Hall–Kier alpha value is 0. The molecule has 0 aliphatic heterocycles. The maximum Gasteiger partial charge on any atom is -0.0314 e. The van der Waals surface area contributed by atoms with E-state index in [1.165, 1.54) is 32.1 Å². The molecule has 0 saturated carbocycles. The largest absolute Gasteiger partial charge is 0.0654 e. The minimum atomic E-state index is 0.502. The van der Waals surface area contributed by atoms with Crippen LogP contribution in [0, 0.1) is 16.7 Å². The van der Waals surface area contributed by atoms with Gasteiger partial charge in [0.15, 0.2) is 0 Å². The van der Waals surface area contributed by atoms with E-state index in [4.69, 9.17) is 0 Å². The smallest absolute Gasteiger partial charge is 0.0314 e. The third kappa shape index (κ3) is 4.17. The van der Waals surface area contributed by atoms with Crippen LogP contribution in [0.2, 0.25) is 0 Å². The van der Waals surface area contributed by atoms with Crippen LogP contribution in [0.1, 0.15) is 80.6 Å². The van der Waals surface area contributed by atoms with Crippen molar-refractivity contribution in [3.05, 3.63) is 0 Å². The van der Waals surface area contributed by atoms with E-state index in [1.807, 2.05) is 0 Å². The quantitative estimate of drug-likeness (QED) is 0.510. The van der Waals surface area contributed by atoms with E-state index >= 15 is 0 Å². The van der Waals surface area contributed by atoms with Gasteiger partial charge in [-0.15, -0.1) is 0 Å². The highest BCUT2D eigenvalue weighted by molar-refractivity contribution is 4.87. The Balaban J connectivity index is 4.72. The standard InChI is InChI=1S/C15H32/c1-8-11-14(4,5)13(10-3)15(6,7)12-9-2/h13H,8-12H2,1-7H3. The van der Waals surface area contributed by atoms with Gasteiger partial charge in [0.25, 0.3) is 0 Å². The summed E-state index contributed by atoms with van der Waals surface area (Å²) in [6.07, 6.45) is 6.66. The van der Waals surface area contributed by atoms with Crippen LogP contribution in [0.25, 0.3) is 0 Å². The Morgan fingerprint density at radius 3 is 1.27 bits per heavy atom. The van der Waals surface area contributed by atoms with Gasteiger partial charge in [-0.3, -0.25) is 0 Å². The monoisotopic (exact) mass is 212 g/mol. The molecule has 15 heavy (non-hydrogen) atoms. The Labute approximate surface area is 97.8 Å². The van der Waals surface area contributed by atoms with Crippen LogP contribution in [0.4, 0.5) is 0 Å². The van der Waals surface area contributed by atoms with Crippen molar-refractivity contribution >= 4 is 0 Å². The van der Waals surface area contributed by atoms with E-state index in [9.17, 15) is 0 Å². The fourth-order valence-electron chi connectivity index (χ4n) is 3.80. The average molecular weight is 212 g/mol. The van der Waals surface area contributed by atoms with Crippen molar-refractivity contribution < 1.29 is 0 Å². The van der Waals surface area contributed by atoms with Gasteiger partial charge in [0.1, 0.15) is 0 Å². The van der Waals surface area contributed by atoms with E-state index in [0.29, 0.717) is 10.8 Å². The molecule has 92 valence electrons. The SMILES string of the molecule is CCCC(C)(C)C(CC)C(C)(C)CCC. The van der Waals surface area contributed by atoms with Crippen LogP contribution in [0.5, 0.6) is 0 Å². The normalized spacial score (nSPS) is 13.6. The predicted molar refractivity (Wildman–Crippen MR) is 71.2 cm³/mol. The van der Waals surface area contributed by atoms with Gasteiger partial charge >= 0.3 is 0 Å². The Bertz CT molecular complexity index is 147. The molecule has 0 heteroatoms. The molecule has 0 unspecified atom stereocenters. The molecule has 0 spiro atoms. The molecular weight excluding hydrogens is 180 g/mol. The van der Waals surface area contributed by atoms with Crippen molar-refractivity contribution in [2.24, 2.45) is 16.7 Å². The molecule has 0 atom stereocenters. The molecular formula is C15H32. The average Bonchev–Trinajstić information content (AvgIpc) is 2.02. The summed E-state index contributed by atoms with van der Waals surface area (Å²) in [5.74, 6) is 0.852. The zero-order valence-electron chi connectivity index (χ0n) is 12.1. The van der Waals surface area contributed by atoms with Gasteiger partial charge in [0.2, 0.25) is 0 Å². The minimum absolute atomic E-state index is 0.502. The molecule has 0 bridgehead atoms. The van der Waals surface area contributed by atoms with Gasteiger partial charge in [-0.05, 0) is 29.6 Å². The van der Waals surface area contributed by atoms with Gasteiger partial charge in [0, 0.05) is 0 Å². The maximum atomic E-state index is 2.46. The third-order valence-electron chi connectivity index (χ3n) is 4.08. The van der Waals surface area contributed by atoms with E-state index in [-0.39, 0.29) is 0 Å². The first kappa shape index (κ1) is 15.0. The second kappa shape index (κ2) is 5.92. The lowest BCUT2D eigenvalue weighted by Gasteiger charge is -2.44. The summed E-state index contributed by atoms with van der Waals surface area (Å²) < 4.78 is 0. The lowest BCUT2D eigenvalue weighted by Crippen LogP contribution is -2.36. The fourth-order valence-corrected chi connectivity index (χ4v) is 3.80. The van der Waals surface area contributed by atoms with Crippen molar-refractivity contribution in [1.29, 1.82) is 0 Å². The first-order chi connectivity index (χ1) is 6.81. The molecule has 0 nitrogen and oxygen atoms in total. The molecule has 0 heterocycles. The summed E-state index contributed by atoms with van der Waals surface area (Å²) in [6.45, 7) is 16.8. The van der Waals surface area contributed by atoms with Crippen molar-refractivity contribution in [2.75, 3.05) is 0 Å². The van der Waals surface area contributed by atoms with Crippen LogP contribution in [-0.2, 0) is 0 Å². The highest BCUT2D eigenvalue weighted by Gasteiger charge is 2.37. The number of hydrogen-bond donors (Lipinski definition) is 0. The molecule has 0 rings (SSSR count). The van der Waals surface area contributed by atoms with E-state index in [1.54, 1.807) is 0 Å². The zero-order chi connectivity index (χ0) is 12.1. The Morgan fingerprint density at radius 2 is 1.07 bits per heavy atom. The topological polar surface area (TPSA) is 0 Å². The number of rotatable bonds is 7. The van der Waals surface area contributed by atoms with Gasteiger partial charge in [-0.25, -0.2) is 0 Å². The highest BCUT2D eigenvalue weighted by atomic mass is 14.4. The van der Waals surface area contributed by atoms with Crippen LogP contribution in [-0.4, -0.2) is 0 Å². The molecule has 0 saturated heterocycles. The summed E-state index contributed by atoms with van der Waals surface area (Å²) in [5, 5.41) is 0. The lowest BCUT2D eigenvalue weighted by atomic mass is 9.61. The molecule has 0 amide bonds. The third-order valence-corrected chi connectivity index (χ3v) is 4.08. The van der Waals surface area contributed by atoms with Gasteiger partial charge in [0.05, 0.1) is 0 Å². The van der Waals surface area contributed by atoms with Crippen LogP contribution >= 0.6 is 0 Å². The predicted octanol–water partition coefficient (Wildman–Crippen LogP) is 5.67. The van der Waals surface area contributed by atoms with E-state index in [2.05, 4.69) is 48.5 Å². The summed E-state index contributed by atoms with van der Waals surface area (Å²) in [7, 11) is 0. The van der Waals surface area contributed by atoms with Gasteiger partial charge in [-0.1, -0.05) is 67.7 Å². The Kier molecular flexibility index (Phi) is 5.92. The molecule has 0 aromatic carbocycles. The summed E-state index contributed by atoms with van der Waals surface area (Å²) >= 11 is 0. The fraction of sp³-hybridized carbons (Fsp3) is 1.00. The molecule has 0 aromatic heterocycles. The summed E-state index contributed by atoms with van der Waals surface area (Å²) in [4.78, 5) is 0. The van der Waals surface area contributed by atoms with Gasteiger partial charge < -0.3 is 0 Å². The van der Waals surface area contributed by atoms with Gasteiger partial charge in [-0.2, -0.15) is 0 Å². The van der Waals surface area contributed by atoms with E-state index < -0.39 is 0 Å². The Morgan fingerprint density at radius 1 is 0.733 bits per heavy atom. The molecule has 0 radical (unpaired) electrons. The molecule has 0 N–H and O–H groups in total. The first-order valence-corrected chi connectivity index (χ1v) is 6.81. The van der Waals surface area contributed by atoms with Crippen LogP contribution < -0.4 is 0 Å². The van der Waals surface area contributed by atoms with Crippen molar-refractivity contribution in [2.45, 2.75) is 80.6 Å². The minimum Gasteiger partial charge on any atom is -0.0654 e. The molecule has 0 aliphatic carbocycles. The molecule has 0 aromatic rings. The number of hydrogen-bond acceptors (Lipinski definition) is 0. The summed E-state index contributed by atoms with van der Waals surface area (Å²) in [5.41, 5.74) is 1.00. The first-order valence-electron chi connectivity index (χ1n) is 6.81. The molecule has 0 aliphatic rings. The van der Waals surface area contributed by atoms with Crippen molar-refractivity contribution in [3.63, 3.8) is 0 Å². The second-order valence-corrected chi connectivity index (χ2v) is 6.44. The van der Waals surface area contributed by atoms with Crippen molar-refractivity contribution in [1.82, 2.24) is 0 Å². The maximum absolute atomic E-state index is 2.46. The summed E-state index contributed by atoms with van der Waals surface area (Å²) in [6, 6.07) is 0. The van der Waals surface area contributed by atoms with Crippen LogP contribution in [0.15, 0.2) is 0 Å². The highest BCUT2D eigenvalue weighted by Crippen LogP contribution is 2.47.